The molecule has 2 aromatic rings. The minimum absolute atomic E-state index is 0.0689. The maximum absolute atomic E-state index is 13.9. The molecule has 0 saturated carbocycles. The first-order valence-electron chi connectivity index (χ1n) is 6.56. The molecule has 0 radical (unpaired) electrons. The van der Waals surface area contributed by atoms with Crippen LogP contribution in [0.5, 0.6) is 0 Å². The van der Waals surface area contributed by atoms with Crippen molar-refractivity contribution in [1.29, 1.82) is 0 Å². The van der Waals surface area contributed by atoms with Gasteiger partial charge in [-0.3, -0.25) is 4.79 Å². The number of nitrogens with two attached hydrogens (primary N) is 1. The lowest BCUT2D eigenvalue weighted by atomic mass is 10.1. The molecule has 0 spiro atoms. The Kier molecular flexibility index (Phi) is 3.44. The minimum atomic E-state index is -0.549. The smallest absolute Gasteiger partial charge is 0.257 e. The molecule has 1 aromatic carbocycles. The molecule has 2 N–H and O–H groups in total. The molecule has 0 bridgehead atoms. The number of hydrogen-bond acceptors (Lipinski definition) is 3. The molecule has 20 heavy (non-hydrogen) atoms. The van der Waals surface area contributed by atoms with Crippen molar-refractivity contribution in [3.05, 3.63) is 52.0 Å². The van der Waals surface area contributed by atoms with Crippen molar-refractivity contribution in [2.45, 2.75) is 18.9 Å². The van der Waals surface area contributed by atoms with E-state index >= 15 is 0 Å². The summed E-state index contributed by atoms with van der Waals surface area (Å²) in [5.41, 5.74) is 5.95. The molecule has 3 nitrogen and oxygen atoms in total. The predicted octanol–water partition coefficient (Wildman–Crippen LogP) is 3.45. The molecule has 1 aliphatic heterocycles. The van der Waals surface area contributed by atoms with Crippen molar-refractivity contribution in [3.63, 3.8) is 0 Å². The zero-order chi connectivity index (χ0) is 14.1. The highest BCUT2D eigenvalue weighted by Gasteiger charge is 2.32. The molecule has 0 aliphatic carbocycles. The fourth-order valence-corrected chi connectivity index (χ4v) is 3.52. The van der Waals surface area contributed by atoms with E-state index in [1.165, 1.54) is 12.1 Å². The van der Waals surface area contributed by atoms with Crippen LogP contribution in [0.4, 0.5) is 10.1 Å². The van der Waals surface area contributed by atoms with Crippen LogP contribution < -0.4 is 5.73 Å². The van der Waals surface area contributed by atoms with Crippen LogP contribution in [-0.2, 0) is 0 Å². The molecule has 1 amide bonds. The van der Waals surface area contributed by atoms with Crippen molar-refractivity contribution >= 4 is 22.9 Å². The molecular formula is C15H15FN2OS. The number of anilines is 1. The lowest BCUT2D eigenvalue weighted by Crippen LogP contribution is -2.30. The third-order valence-corrected chi connectivity index (χ3v) is 4.58. The Balaban J connectivity index is 1.89. The molecule has 1 aliphatic rings. The zero-order valence-electron chi connectivity index (χ0n) is 10.9. The molecule has 5 heteroatoms. The first kappa shape index (κ1) is 13.1. The van der Waals surface area contributed by atoms with Gasteiger partial charge in [0.15, 0.2) is 0 Å². The Morgan fingerprint density at radius 2 is 2.25 bits per heavy atom. The number of hydrogen-bond donors (Lipinski definition) is 1. The van der Waals surface area contributed by atoms with Crippen LogP contribution >= 0.6 is 11.3 Å². The van der Waals surface area contributed by atoms with Gasteiger partial charge in [0, 0.05) is 17.1 Å². The summed E-state index contributed by atoms with van der Waals surface area (Å²) in [5.74, 6) is -0.801. The van der Waals surface area contributed by atoms with Crippen molar-refractivity contribution in [2.75, 3.05) is 12.3 Å². The number of carbonyl (C=O) groups is 1. The van der Waals surface area contributed by atoms with Crippen LogP contribution in [0.15, 0.2) is 35.7 Å². The molecule has 2 heterocycles. The third-order valence-electron chi connectivity index (χ3n) is 3.61. The number of likely N-dealkylation sites (tertiary alicyclic amines) is 1. The largest absolute Gasteiger partial charge is 0.399 e. The van der Waals surface area contributed by atoms with E-state index in [-0.39, 0.29) is 17.5 Å². The first-order valence-corrected chi connectivity index (χ1v) is 7.44. The monoisotopic (exact) mass is 290 g/mol. The quantitative estimate of drug-likeness (QED) is 0.861. The Morgan fingerprint density at radius 3 is 2.95 bits per heavy atom. The summed E-state index contributed by atoms with van der Waals surface area (Å²) in [5, 5.41) is 2.00. The number of benzene rings is 1. The van der Waals surface area contributed by atoms with Crippen molar-refractivity contribution in [1.82, 2.24) is 4.90 Å². The SMILES string of the molecule is Nc1ccc(C(=O)N2CCCC2c2cccs2)c(F)c1. The summed E-state index contributed by atoms with van der Waals surface area (Å²) in [4.78, 5) is 15.5. The fraction of sp³-hybridized carbons (Fsp3) is 0.267. The highest BCUT2D eigenvalue weighted by Crippen LogP contribution is 2.35. The molecule has 1 atom stereocenters. The average molecular weight is 290 g/mol. The highest BCUT2D eigenvalue weighted by molar-refractivity contribution is 7.10. The molecule has 104 valence electrons. The average Bonchev–Trinajstić information content (AvgIpc) is 3.09. The van der Waals surface area contributed by atoms with Crippen molar-refractivity contribution < 1.29 is 9.18 Å². The summed E-state index contributed by atoms with van der Waals surface area (Å²) >= 11 is 1.64. The lowest BCUT2D eigenvalue weighted by molar-refractivity contribution is 0.0733. The van der Waals surface area contributed by atoms with Gasteiger partial charge in [-0.1, -0.05) is 6.07 Å². The minimum Gasteiger partial charge on any atom is -0.399 e. The van der Waals surface area contributed by atoms with E-state index in [9.17, 15) is 9.18 Å². The van der Waals surface area contributed by atoms with Gasteiger partial charge in [-0.2, -0.15) is 0 Å². The van der Waals surface area contributed by atoms with Gasteiger partial charge >= 0.3 is 0 Å². The molecular weight excluding hydrogens is 275 g/mol. The Labute approximate surface area is 120 Å². The number of nitrogen functional groups attached to an aromatic ring is 1. The summed E-state index contributed by atoms with van der Waals surface area (Å²) in [6.07, 6.45) is 1.88. The molecule has 1 saturated heterocycles. The maximum Gasteiger partial charge on any atom is 0.257 e. The Hall–Kier alpha value is -1.88. The predicted molar refractivity (Wildman–Crippen MR) is 78.1 cm³/mol. The maximum atomic E-state index is 13.9. The van der Waals surface area contributed by atoms with Gasteiger partial charge in [0.05, 0.1) is 11.6 Å². The van der Waals surface area contributed by atoms with Gasteiger partial charge in [-0.25, -0.2) is 4.39 Å². The third kappa shape index (κ3) is 2.29. The van der Waals surface area contributed by atoms with E-state index < -0.39 is 5.82 Å². The van der Waals surface area contributed by atoms with Crippen LogP contribution in [0.1, 0.15) is 34.1 Å². The molecule has 1 aromatic heterocycles. The van der Waals surface area contributed by atoms with Crippen LogP contribution in [0, 0.1) is 5.82 Å². The van der Waals surface area contributed by atoms with Crippen molar-refractivity contribution in [2.24, 2.45) is 0 Å². The second-order valence-corrected chi connectivity index (χ2v) is 5.89. The summed E-state index contributed by atoms with van der Waals surface area (Å²) < 4.78 is 13.9. The van der Waals surface area contributed by atoms with Gasteiger partial charge < -0.3 is 10.6 Å². The van der Waals surface area contributed by atoms with Gasteiger partial charge in [-0.05, 0) is 42.5 Å². The van der Waals surface area contributed by atoms with E-state index in [0.717, 1.165) is 17.7 Å². The number of amides is 1. The number of rotatable bonds is 2. The second kappa shape index (κ2) is 5.25. The Bertz CT molecular complexity index is 627. The zero-order valence-corrected chi connectivity index (χ0v) is 11.7. The highest BCUT2D eigenvalue weighted by atomic mass is 32.1. The first-order chi connectivity index (χ1) is 9.66. The van der Waals surface area contributed by atoms with Crippen LogP contribution in [-0.4, -0.2) is 17.4 Å². The standard InChI is InChI=1S/C15H15FN2OS/c16-12-9-10(17)5-6-11(12)15(19)18-7-1-3-13(18)14-4-2-8-20-14/h2,4-6,8-9,13H,1,3,7,17H2. The number of nitrogens with zero attached hydrogens (tertiary/aromatic N) is 1. The second-order valence-electron chi connectivity index (χ2n) is 4.91. The topological polar surface area (TPSA) is 46.3 Å². The van der Waals surface area contributed by atoms with E-state index in [4.69, 9.17) is 5.73 Å². The van der Waals surface area contributed by atoms with Gasteiger partial charge in [0.25, 0.3) is 5.91 Å². The summed E-state index contributed by atoms with van der Waals surface area (Å²) in [6.45, 7) is 0.672. The van der Waals surface area contributed by atoms with Crippen molar-refractivity contribution in [3.8, 4) is 0 Å². The molecule has 1 fully saturated rings. The van der Waals surface area contributed by atoms with E-state index in [1.54, 1.807) is 22.3 Å². The van der Waals surface area contributed by atoms with Crippen LogP contribution in [0.3, 0.4) is 0 Å². The Morgan fingerprint density at radius 1 is 1.40 bits per heavy atom. The number of carbonyl (C=O) groups excluding carboxylic acids is 1. The van der Waals surface area contributed by atoms with Crippen LogP contribution in [0.2, 0.25) is 0 Å². The summed E-state index contributed by atoms with van der Waals surface area (Å²) in [6, 6.07) is 8.30. The normalized spacial score (nSPS) is 18.4. The number of thiophene rings is 1. The van der Waals surface area contributed by atoms with Gasteiger partial charge in [0.1, 0.15) is 5.82 Å². The molecule has 1 unspecified atom stereocenters. The van der Waals surface area contributed by atoms with E-state index in [0.29, 0.717) is 12.2 Å². The lowest BCUT2D eigenvalue weighted by Gasteiger charge is -2.24. The molecule has 3 rings (SSSR count). The van der Waals surface area contributed by atoms with E-state index in [2.05, 4.69) is 0 Å². The number of halogens is 1. The van der Waals surface area contributed by atoms with Gasteiger partial charge in [0.2, 0.25) is 0 Å². The van der Waals surface area contributed by atoms with Gasteiger partial charge in [-0.15, -0.1) is 11.3 Å². The van der Waals surface area contributed by atoms with E-state index in [1.807, 2.05) is 17.5 Å². The van der Waals surface area contributed by atoms with Crippen LogP contribution in [0.25, 0.3) is 0 Å². The fourth-order valence-electron chi connectivity index (χ4n) is 2.65. The summed E-state index contributed by atoms with van der Waals surface area (Å²) in [7, 11) is 0.